The molecule has 180 valence electrons. The van der Waals surface area contributed by atoms with E-state index in [0.29, 0.717) is 19.3 Å². The SMILES string of the molecule is CC(=O)O[C@@H]1[C@@H]2C(C)(C)[C@@H](OC(C)=O)CC[C@@]2(C)[C@@H]2[C@@H]3C[C@@H]4C[C@]2([C@H](O)[C@]4(CO)O3)[C@H]1O. The summed E-state index contributed by atoms with van der Waals surface area (Å²) in [5.41, 5.74) is -2.98. The van der Waals surface area contributed by atoms with Crippen LogP contribution >= 0.6 is 0 Å². The first-order chi connectivity index (χ1) is 14.9. The lowest BCUT2D eigenvalue weighted by Gasteiger charge is -2.70. The maximum atomic E-state index is 12.2. The summed E-state index contributed by atoms with van der Waals surface area (Å²) in [6, 6.07) is 0. The van der Waals surface area contributed by atoms with Gasteiger partial charge in [0, 0.05) is 36.5 Å². The minimum atomic E-state index is -1.11. The minimum Gasteiger partial charge on any atom is -0.462 e. The molecule has 2 heterocycles. The van der Waals surface area contributed by atoms with Gasteiger partial charge in [0.1, 0.15) is 17.8 Å². The number of esters is 2. The van der Waals surface area contributed by atoms with Gasteiger partial charge in [0.15, 0.2) is 0 Å². The van der Waals surface area contributed by atoms with Gasteiger partial charge in [-0.15, -0.1) is 0 Å². The molecule has 0 aromatic heterocycles. The van der Waals surface area contributed by atoms with E-state index in [0.717, 1.165) is 6.42 Å². The highest BCUT2D eigenvalue weighted by molar-refractivity contribution is 5.67. The van der Waals surface area contributed by atoms with Crippen molar-refractivity contribution in [1.82, 2.24) is 0 Å². The van der Waals surface area contributed by atoms with E-state index in [2.05, 4.69) is 6.92 Å². The molecule has 0 radical (unpaired) electrons. The maximum Gasteiger partial charge on any atom is 0.303 e. The molecule has 0 aromatic rings. The number of rotatable bonds is 3. The van der Waals surface area contributed by atoms with E-state index >= 15 is 0 Å². The van der Waals surface area contributed by atoms with Crippen molar-refractivity contribution in [2.24, 2.45) is 34.0 Å². The average Bonchev–Trinajstić information content (AvgIpc) is 3.07. The van der Waals surface area contributed by atoms with E-state index in [1.807, 2.05) is 13.8 Å². The van der Waals surface area contributed by atoms with Crippen molar-refractivity contribution in [2.75, 3.05) is 6.61 Å². The van der Waals surface area contributed by atoms with Crippen LogP contribution in [0.1, 0.15) is 60.3 Å². The fourth-order valence-electron chi connectivity index (χ4n) is 9.44. The van der Waals surface area contributed by atoms with E-state index in [9.17, 15) is 24.9 Å². The fourth-order valence-corrected chi connectivity index (χ4v) is 9.44. The number of hydrogen-bond acceptors (Lipinski definition) is 8. The van der Waals surface area contributed by atoms with Gasteiger partial charge in [-0.3, -0.25) is 9.59 Å². The van der Waals surface area contributed by atoms with E-state index in [4.69, 9.17) is 14.2 Å². The Balaban J connectivity index is 1.66. The zero-order valence-electron chi connectivity index (χ0n) is 19.5. The van der Waals surface area contributed by atoms with Crippen LogP contribution in [-0.4, -0.2) is 70.0 Å². The third kappa shape index (κ3) is 2.42. The highest BCUT2D eigenvalue weighted by Gasteiger charge is 2.83. The van der Waals surface area contributed by atoms with Crippen LogP contribution in [0.15, 0.2) is 0 Å². The third-order valence-electron chi connectivity index (χ3n) is 10.1. The normalized spacial score (nSPS) is 54.6. The molecular weight excluding hydrogens is 416 g/mol. The van der Waals surface area contributed by atoms with Crippen LogP contribution in [-0.2, 0) is 23.8 Å². The molecule has 0 aromatic carbocycles. The van der Waals surface area contributed by atoms with Gasteiger partial charge in [-0.05, 0) is 37.0 Å². The van der Waals surface area contributed by atoms with Crippen LogP contribution in [0.2, 0.25) is 0 Å². The Morgan fingerprint density at radius 3 is 2.28 bits per heavy atom. The highest BCUT2D eigenvalue weighted by atomic mass is 16.6. The molecule has 0 unspecified atom stereocenters. The van der Waals surface area contributed by atoms with Crippen molar-refractivity contribution in [3.8, 4) is 0 Å². The van der Waals surface area contributed by atoms with Crippen LogP contribution < -0.4 is 0 Å². The summed E-state index contributed by atoms with van der Waals surface area (Å²) in [5, 5.41) is 33.7. The van der Waals surface area contributed by atoms with E-state index in [1.165, 1.54) is 13.8 Å². The average molecular weight is 453 g/mol. The summed E-state index contributed by atoms with van der Waals surface area (Å²) in [4.78, 5) is 24.0. The standard InChI is InChI=1S/C24H36O8/c1-11(26)30-15-6-7-22(5)17-14-8-13-9-23(17,20(29)24(13,10-25)32-14)19(28)16(31-12(2)27)18(22)21(15,3)4/h13-20,25,28-29H,6-10H2,1-5H3/t13-,14+,15+,16-,17+,18-,19+,20+,22+,23-,24-/m1/s1. The zero-order valence-corrected chi connectivity index (χ0v) is 19.5. The number of ether oxygens (including phenoxy) is 3. The molecule has 1 spiro atoms. The van der Waals surface area contributed by atoms with Gasteiger partial charge in [0.2, 0.25) is 0 Å². The van der Waals surface area contributed by atoms with Crippen molar-refractivity contribution >= 4 is 11.9 Å². The molecule has 2 saturated heterocycles. The van der Waals surface area contributed by atoms with Crippen LogP contribution in [0, 0.1) is 34.0 Å². The van der Waals surface area contributed by atoms with Crippen molar-refractivity contribution in [2.45, 2.75) is 96.4 Å². The molecule has 8 heteroatoms. The Labute approximate surface area is 188 Å². The summed E-state index contributed by atoms with van der Waals surface area (Å²) >= 11 is 0. The Morgan fingerprint density at radius 1 is 1.06 bits per heavy atom. The Bertz CT molecular complexity index is 842. The van der Waals surface area contributed by atoms with E-state index in [1.54, 1.807) is 0 Å². The quantitative estimate of drug-likeness (QED) is 0.546. The number of aliphatic hydroxyl groups is 3. The number of aliphatic hydroxyl groups excluding tert-OH is 3. The molecule has 2 aliphatic heterocycles. The van der Waals surface area contributed by atoms with Crippen molar-refractivity contribution < 1.29 is 39.1 Å². The first kappa shape index (κ1) is 22.6. The van der Waals surface area contributed by atoms with Gasteiger partial charge in [-0.1, -0.05) is 20.8 Å². The molecule has 4 aliphatic carbocycles. The van der Waals surface area contributed by atoms with Gasteiger partial charge >= 0.3 is 11.9 Å². The molecule has 32 heavy (non-hydrogen) atoms. The first-order valence-corrected chi connectivity index (χ1v) is 11.9. The molecule has 8 nitrogen and oxygen atoms in total. The van der Waals surface area contributed by atoms with E-state index in [-0.39, 0.29) is 42.5 Å². The largest absolute Gasteiger partial charge is 0.462 e. The van der Waals surface area contributed by atoms with Crippen LogP contribution in [0.3, 0.4) is 0 Å². The number of carbonyl (C=O) groups excluding carboxylic acids is 2. The predicted molar refractivity (Wildman–Crippen MR) is 111 cm³/mol. The smallest absolute Gasteiger partial charge is 0.303 e. The van der Waals surface area contributed by atoms with Crippen LogP contribution in [0.25, 0.3) is 0 Å². The van der Waals surface area contributed by atoms with Crippen LogP contribution in [0.5, 0.6) is 0 Å². The molecule has 0 amide bonds. The lowest BCUT2D eigenvalue weighted by molar-refractivity contribution is -0.337. The molecular formula is C24H36O8. The molecule has 6 aliphatic rings. The Hall–Kier alpha value is -1.22. The Kier molecular flexibility index (Phi) is 4.71. The number of carbonyl (C=O) groups is 2. The summed E-state index contributed by atoms with van der Waals surface area (Å²) in [5.74, 6) is -1.35. The van der Waals surface area contributed by atoms with Crippen molar-refractivity contribution in [1.29, 1.82) is 0 Å². The van der Waals surface area contributed by atoms with Crippen molar-refractivity contribution in [3.63, 3.8) is 0 Å². The first-order valence-electron chi connectivity index (χ1n) is 11.9. The predicted octanol–water partition coefficient (Wildman–Crippen LogP) is 1.18. The Morgan fingerprint density at radius 2 is 1.72 bits per heavy atom. The fraction of sp³-hybridized carbons (Fsp3) is 0.917. The van der Waals surface area contributed by atoms with Gasteiger partial charge < -0.3 is 29.5 Å². The van der Waals surface area contributed by atoms with E-state index < -0.39 is 46.1 Å². The molecule has 6 fully saturated rings. The maximum absolute atomic E-state index is 12.2. The molecule has 11 atom stereocenters. The van der Waals surface area contributed by atoms with Gasteiger partial charge in [0.05, 0.1) is 24.9 Å². The minimum absolute atomic E-state index is 0.0399. The van der Waals surface area contributed by atoms with Gasteiger partial charge in [-0.25, -0.2) is 0 Å². The summed E-state index contributed by atoms with van der Waals surface area (Å²) < 4.78 is 17.9. The topological polar surface area (TPSA) is 123 Å². The molecule has 4 saturated carbocycles. The summed E-state index contributed by atoms with van der Waals surface area (Å²) in [7, 11) is 0. The van der Waals surface area contributed by atoms with Crippen LogP contribution in [0.4, 0.5) is 0 Å². The lowest BCUT2D eigenvalue weighted by Crippen LogP contribution is -2.76. The zero-order chi connectivity index (χ0) is 23.4. The highest BCUT2D eigenvalue weighted by Crippen LogP contribution is 2.77. The third-order valence-corrected chi connectivity index (χ3v) is 10.1. The summed E-state index contributed by atoms with van der Waals surface area (Å²) in [6.45, 7) is 8.62. The lowest BCUT2D eigenvalue weighted by atomic mass is 9.38. The van der Waals surface area contributed by atoms with Gasteiger partial charge in [-0.2, -0.15) is 0 Å². The number of fused-ring (bicyclic) bond motifs is 1. The molecule has 3 N–H and O–H groups in total. The second-order valence-electron chi connectivity index (χ2n) is 11.9. The summed E-state index contributed by atoms with van der Waals surface area (Å²) in [6.07, 6.45) is -0.964. The van der Waals surface area contributed by atoms with Crippen molar-refractivity contribution in [3.05, 3.63) is 0 Å². The molecule has 4 bridgehead atoms. The monoisotopic (exact) mass is 452 g/mol. The number of hydrogen-bond donors (Lipinski definition) is 3. The van der Waals surface area contributed by atoms with Gasteiger partial charge in [0.25, 0.3) is 0 Å². The second-order valence-corrected chi connectivity index (χ2v) is 11.9. The molecule has 6 rings (SSSR count). The second kappa shape index (κ2) is 6.68.